The second-order valence-electron chi connectivity index (χ2n) is 9.70. The lowest BCUT2D eigenvalue weighted by molar-refractivity contribution is 0.0949. The van der Waals surface area contributed by atoms with Gasteiger partial charge in [-0.2, -0.15) is 5.10 Å². The Kier molecular flexibility index (Phi) is 8.87. The first kappa shape index (κ1) is 28.7. The summed E-state index contributed by atoms with van der Waals surface area (Å²) in [5.74, 6) is 6.68. The number of nitrogens with zero attached hydrogens (tertiary/aromatic N) is 7. The summed E-state index contributed by atoms with van der Waals surface area (Å²) >= 11 is 0. The van der Waals surface area contributed by atoms with Gasteiger partial charge in [-0.1, -0.05) is 18.1 Å². The Morgan fingerprint density at radius 1 is 1.09 bits per heavy atom. The minimum absolute atomic E-state index is 0.00192. The van der Waals surface area contributed by atoms with Crippen LogP contribution in [0.1, 0.15) is 34.7 Å². The number of phenolic OH excluding ortho intramolecular Hbond substituents is 1. The zero-order chi connectivity index (χ0) is 30.2. The number of nitrogens with two attached hydrogens (primary N) is 1. The van der Waals surface area contributed by atoms with Gasteiger partial charge in [0, 0.05) is 69.4 Å². The maximum atomic E-state index is 12.4. The third-order valence-corrected chi connectivity index (χ3v) is 6.76. The predicted molar refractivity (Wildman–Crippen MR) is 162 cm³/mol. The molecule has 13 heteroatoms. The Balaban J connectivity index is 1.17. The molecule has 0 bridgehead atoms. The van der Waals surface area contributed by atoms with E-state index in [1.165, 1.54) is 12.1 Å². The Bertz CT molecular complexity index is 1720. The standard InChI is InChI=1S/C30H31N11O2/c31-22(21-7-1-2-8-25(21)42)19-24(29(32)33)39-14-6-15-40(18-17-39)27-10-13-34-26(37-27)9-3-4-11-36-30(43)23-20-28-35-12-5-16-41(28)38-23/h1-2,5,7-8,10,12-13,16,19-20,31,42H,4,6,11,14-15,17-18H2,(H3,32,33)(H,36,43)/b24-19+,31-22?. The number of nitrogens with one attached hydrogen (secondary N) is 3. The van der Waals surface area contributed by atoms with Crippen molar-refractivity contribution in [2.75, 3.05) is 37.6 Å². The average molecular weight is 578 g/mol. The number of phenols is 1. The van der Waals surface area contributed by atoms with Crippen molar-refractivity contribution in [1.82, 2.24) is 34.8 Å². The lowest BCUT2D eigenvalue weighted by Crippen LogP contribution is -2.35. The topological polar surface area (TPSA) is 186 Å². The number of rotatable bonds is 8. The molecule has 6 N–H and O–H groups in total. The van der Waals surface area contributed by atoms with Crippen LogP contribution in [0.2, 0.25) is 0 Å². The van der Waals surface area contributed by atoms with Crippen LogP contribution in [-0.4, -0.2) is 84.8 Å². The minimum atomic E-state index is -0.293. The summed E-state index contributed by atoms with van der Waals surface area (Å²) in [6.45, 7) is 2.90. The maximum absolute atomic E-state index is 12.4. The Morgan fingerprint density at radius 2 is 1.95 bits per heavy atom. The van der Waals surface area contributed by atoms with Gasteiger partial charge in [-0.3, -0.25) is 10.2 Å². The van der Waals surface area contributed by atoms with Crippen molar-refractivity contribution in [2.24, 2.45) is 5.73 Å². The second-order valence-corrected chi connectivity index (χ2v) is 9.70. The third kappa shape index (κ3) is 7.12. The molecule has 4 aromatic rings. The van der Waals surface area contributed by atoms with E-state index in [0.29, 0.717) is 61.0 Å². The molecule has 1 aromatic carbocycles. The number of fused-ring (bicyclic) bond motifs is 1. The molecule has 0 saturated carbocycles. The first-order valence-electron chi connectivity index (χ1n) is 13.7. The van der Waals surface area contributed by atoms with E-state index in [-0.39, 0.29) is 23.2 Å². The fourth-order valence-electron chi connectivity index (χ4n) is 4.64. The molecule has 13 nitrogen and oxygen atoms in total. The van der Waals surface area contributed by atoms with Gasteiger partial charge in [-0.15, -0.1) is 0 Å². The van der Waals surface area contributed by atoms with Crippen LogP contribution in [-0.2, 0) is 0 Å². The van der Waals surface area contributed by atoms with E-state index < -0.39 is 0 Å². The smallest absolute Gasteiger partial charge is 0.271 e. The molecule has 0 atom stereocenters. The average Bonchev–Trinajstić information content (AvgIpc) is 3.30. The number of amides is 1. The molecule has 0 unspecified atom stereocenters. The lowest BCUT2D eigenvalue weighted by atomic mass is 10.1. The number of hydrogen-bond donors (Lipinski definition) is 5. The number of benzene rings is 1. The van der Waals surface area contributed by atoms with E-state index in [9.17, 15) is 9.90 Å². The molecule has 0 radical (unpaired) electrons. The third-order valence-electron chi connectivity index (χ3n) is 6.76. The molecule has 218 valence electrons. The highest BCUT2D eigenvalue weighted by molar-refractivity contribution is 6.12. The van der Waals surface area contributed by atoms with Gasteiger partial charge >= 0.3 is 0 Å². The summed E-state index contributed by atoms with van der Waals surface area (Å²) in [5, 5.41) is 33.7. The van der Waals surface area contributed by atoms with E-state index in [1.807, 2.05) is 11.0 Å². The molecule has 43 heavy (non-hydrogen) atoms. The maximum Gasteiger partial charge on any atom is 0.271 e. The van der Waals surface area contributed by atoms with Crippen molar-refractivity contribution < 1.29 is 9.90 Å². The van der Waals surface area contributed by atoms with Gasteiger partial charge < -0.3 is 31.4 Å². The molecule has 1 saturated heterocycles. The Labute approximate surface area is 248 Å². The Hall–Kier alpha value is -5.77. The summed E-state index contributed by atoms with van der Waals surface area (Å²) in [6.07, 6.45) is 7.77. The molecular weight excluding hydrogens is 546 g/mol. The summed E-state index contributed by atoms with van der Waals surface area (Å²) in [6, 6.07) is 11.8. The van der Waals surface area contributed by atoms with Gasteiger partial charge in [0.2, 0.25) is 5.82 Å². The number of anilines is 1. The number of aromatic hydroxyl groups is 1. The van der Waals surface area contributed by atoms with Crippen molar-refractivity contribution in [2.45, 2.75) is 12.8 Å². The predicted octanol–water partition coefficient (Wildman–Crippen LogP) is 1.80. The summed E-state index contributed by atoms with van der Waals surface area (Å²) in [4.78, 5) is 29.5. The van der Waals surface area contributed by atoms with E-state index in [4.69, 9.17) is 16.6 Å². The first-order chi connectivity index (χ1) is 20.9. The van der Waals surface area contributed by atoms with Gasteiger partial charge in [0.05, 0.1) is 11.4 Å². The zero-order valence-corrected chi connectivity index (χ0v) is 23.4. The van der Waals surface area contributed by atoms with Crippen LogP contribution in [0.3, 0.4) is 0 Å². The highest BCUT2D eigenvalue weighted by atomic mass is 16.3. The fourth-order valence-corrected chi connectivity index (χ4v) is 4.64. The van der Waals surface area contributed by atoms with Crippen LogP contribution < -0.4 is 16.0 Å². The molecule has 5 rings (SSSR count). The van der Waals surface area contributed by atoms with Crippen molar-refractivity contribution in [1.29, 1.82) is 10.8 Å². The van der Waals surface area contributed by atoms with Crippen LogP contribution in [0.4, 0.5) is 5.82 Å². The van der Waals surface area contributed by atoms with Crippen LogP contribution in [0.25, 0.3) is 5.65 Å². The van der Waals surface area contributed by atoms with E-state index in [2.05, 4.69) is 42.1 Å². The van der Waals surface area contributed by atoms with Gasteiger partial charge in [0.15, 0.2) is 11.3 Å². The minimum Gasteiger partial charge on any atom is -0.507 e. The highest BCUT2D eigenvalue weighted by Crippen LogP contribution is 2.20. The molecule has 1 amide bonds. The van der Waals surface area contributed by atoms with E-state index in [0.717, 1.165) is 18.8 Å². The second kappa shape index (κ2) is 13.3. The fraction of sp³-hybridized carbons (Fsp3) is 0.233. The van der Waals surface area contributed by atoms with Crippen molar-refractivity contribution in [3.8, 4) is 17.6 Å². The number of carbonyl (C=O) groups is 1. The SMILES string of the molecule is N=C(N)/C(=C\C(=N)c1ccccc1O)N1CCCN(c2ccnc(C#CCCNC(=O)c3cc4ncccn4n3)n2)CC1. The molecule has 1 aliphatic heterocycles. The monoisotopic (exact) mass is 577 g/mol. The summed E-state index contributed by atoms with van der Waals surface area (Å²) in [5.41, 5.74) is 7.70. The van der Waals surface area contributed by atoms with Gasteiger partial charge in [-0.05, 0) is 42.7 Å². The highest BCUT2D eigenvalue weighted by Gasteiger charge is 2.20. The van der Waals surface area contributed by atoms with Gasteiger partial charge in [0.25, 0.3) is 5.91 Å². The molecule has 4 heterocycles. The van der Waals surface area contributed by atoms with Crippen LogP contribution in [0.5, 0.6) is 5.75 Å². The number of para-hydroxylation sites is 1. The molecule has 0 aliphatic carbocycles. The molecular formula is C30H31N11O2. The van der Waals surface area contributed by atoms with Gasteiger partial charge in [0.1, 0.15) is 17.4 Å². The number of amidine groups is 1. The van der Waals surface area contributed by atoms with Crippen LogP contribution in [0.15, 0.2) is 72.8 Å². The first-order valence-corrected chi connectivity index (χ1v) is 13.7. The molecule has 1 fully saturated rings. The van der Waals surface area contributed by atoms with E-state index >= 15 is 0 Å². The van der Waals surface area contributed by atoms with E-state index in [1.54, 1.807) is 53.4 Å². The quantitative estimate of drug-likeness (QED) is 0.0901. The Morgan fingerprint density at radius 3 is 2.77 bits per heavy atom. The molecule has 0 spiro atoms. The normalized spacial score (nSPS) is 13.6. The lowest BCUT2D eigenvalue weighted by Gasteiger charge is -2.26. The molecule has 3 aromatic heterocycles. The van der Waals surface area contributed by atoms with Crippen molar-refractivity contribution in [3.63, 3.8) is 0 Å². The summed E-state index contributed by atoms with van der Waals surface area (Å²) in [7, 11) is 0. The van der Waals surface area contributed by atoms with Crippen LogP contribution >= 0.6 is 0 Å². The van der Waals surface area contributed by atoms with Crippen molar-refractivity contribution in [3.05, 3.63) is 89.9 Å². The zero-order valence-electron chi connectivity index (χ0n) is 23.4. The number of aromatic nitrogens is 5. The van der Waals surface area contributed by atoms with Crippen LogP contribution in [0, 0.1) is 22.7 Å². The number of allylic oxidation sites excluding steroid dienone is 1. The number of carbonyl (C=O) groups excluding carboxylic acids is 1. The molecule has 1 aliphatic rings. The van der Waals surface area contributed by atoms with Crippen molar-refractivity contribution >= 4 is 28.9 Å². The van der Waals surface area contributed by atoms with Gasteiger partial charge in [-0.25, -0.2) is 19.5 Å². The largest absolute Gasteiger partial charge is 0.507 e. The number of hydrogen-bond acceptors (Lipinski definition) is 10. The summed E-state index contributed by atoms with van der Waals surface area (Å²) < 4.78 is 1.55.